The summed E-state index contributed by atoms with van der Waals surface area (Å²) in [4.78, 5) is 33.1. The zero-order valence-corrected chi connectivity index (χ0v) is 10.6. The summed E-state index contributed by atoms with van der Waals surface area (Å²) in [6.07, 6.45) is 0.124. The molecular formula is C13H16N2O4. The second-order valence-corrected chi connectivity index (χ2v) is 4.06. The van der Waals surface area contributed by atoms with Gasteiger partial charge in [-0.2, -0.15) is 0 Å². The molecule has 0 aromatic heterocycles. The first-order chi connectivity index (χ1) is 8.99. The number of urea groups is 1. The molecule has 0 spiro atoms. The third kappa shape index (κ3) is 5.67. The van der Waals surface area contributed by atoms with Gasteiger partial charge >= 0.3 is 12.0 Å². The maximum atomic E-state index is 11.5. The molecule has 1 rings (SSSR count). The molecule has 0 heterocycles. The van der Waals surface area contributed by atoms with Gasteiger partial charge < -0.3 is 10.4 Å². The maximum Gasteiger partial charge on any atom is 0.325 e. The number of imide groups is 1. The number of hydrogen-bond donors (Lipinski definition) is 3. The zero-order chi connectivity index (χ0) is 14.3. The van der Waals surface area contributed by atoms with Crippen LogP contribution < -0.4 is 10.6 Å². The molecule has 0 fully saturated rings. The highest BCUT2D eigenvalue weighted by atomic mass is 16.4. The summed E-state index contributed by atoms with van der Waals surface area (Å²) >= 11 is 0. The van der Waals surface area contributed by atoms with Crippen molar-refractivity contribution >= 4 is 23.6 Å². The number of anilines is 1. The van der Waals surface area contributed by atoms with Crippen molar-refractivity contribution in [3.05, 3.63) is 29.8 Å². The average Bonchev–Trinajstić information content (AvgIpc) is 2.31. The van der Waals surface area contributed by atoms with Gasteiger partial charge in [0.25, 0.3) is 0 Å². The Morgan fingerprint density at radius 3 is 2.47 bits per heavy atom. The molecule has 1 aromatic rings. The molecule has 1 aromatic carbocycles. The van der Waals surface area contributed by atoms with Crippen molar-refractivity contribution < 1.29 is 19.5 Å². The van der Waals surface area contributed by atoms with E-state index >= 15 is 0 Å². The molecule has 3 amide bonds. The minimum absolute atomic E-state index is 0.00743. The first kappa shape index (κ1) is 14.7. The van der Waals surface area contributed by atoms with Crippen LogP contribution in [0.15, 0.2) is 24.3 Å². The number of nitrogens with one attached hydrogen (secondary N) is 2. The summed E-state index contributed by atoms with van der Waals surface area (Å²) in [5, 5.41) is 13.1. The molecule has 0 aliphatic rings. The normalized spacial score (nSPS) is 9.74. The monoisotopic (exact) mass is 264 g/mol. The third-order valence-corrected chi connectivity index (χ3v) is 2.44. The van der Waals surface area contributed by atoms with E-state index in [0.717, 1.165) is 5.56 Å². The summed E-state index contributed by atoms with van der Waals surface area (Å²) in [6, 6.07) is 6.57. The van der Waals surface area contributed by atoms with Crippen molar-refractivity contribution in [3.63, 3.8) is 0 Å². The quantitative estimate of drug-likeness (QED) is 0.756. The molecule has 0 saturated heterocycles. The Bertz CT molecular complexity index is 485. The van der Waals surface area contributed by atoms with Crippen molar-refractivity contribution in [1.29, 1.82) is 0 Å². The lowest BCUT2D eigenvalue weighted by Gasteiger charge is -2.08. The molecule has 19 heavy (non-hydrogen) atoms. The van der Waals surface area contributed by atoms with Crippen molar-refractivity contribution in [2.24, 2.45) is 0 Å². The largest absolute Gasteiger partial charge is 0.481 e. The van der Waals surface area contributed by atoms with E-state index in [-0.39, 0.29) is 19.3 Å². The summed E-state index contributed by atoms with van der Waals surface area (Å²) in [7, 11) is 0. The molecular weight excluding hydrogens is 248 g/mol. The van der Waals surface area contributed by atoms with Crippen LogP contribution in [0, 0.1) is 6.92 Å². The highest BCUT2D eigenvalue weighted by Crippen LogP contribution is 2.12. The van der Waals surface area contributed by atoms with Gasteiger partial charge in [0, 0.05) is 18.5 Å². The first-order valence-electron chi connectivity index (χ1n) is 5.87. The number of amides is 3. The minimum atomic E-state index is -0.961. The van der Waals surface area contributed by atoms with Gasteiger partial charge in [-0.3, -0.25) is 14.9 Å². The Morgan fingerprint density at radius 2 is 1.84 bits per heavy atom. The number of aryl methyl sites for hydroxylation is 1. The van der Waals surface area contributed by atoms with Crippen molar-refractivity contribution in [1.82, 2.24) is 5.32 Å². The number of benzene rings is 1. The van der Waals surface area contributed by atoms with Crippen LogP contribution in [0.4, 0.5) is 10.5 Å². The average molecular weight is 264 g/mol. The Balaban J connectivity index is 2.37. The van der Waals surface area contributed by atoms with Crippen LogP contribution in [-0.4, -0.2) is 23.0 Å². The van der Waals surface area contributed by atoms with Gasteiger partial charge in [-0.25, -0.2) is 4.79 Å². The van der Waals surface area contributed by atoms with E-state index in [9.17, 15) is 14.4 Å². The van der Waals surface area contributed by atoms with Gasteiger partial charge in [0.15, 0.2) is 0 Å². The van der Waals surface area contributed by atoms with Gasteiger partial charge in [-0.15, -0.1) is 0 Å². The van der Waals surface area contributed by atoms with E-state index < -0.39 is 17.9 Å². The van der Waals surface area contributed by atoms with Crippen LogP contribution in [0.5, 0.6) is 0 Å². The Labute approximate surface area is 110 Å². The van der Waals surface area contributed by atoms with Crippen LogP contribution in [-0.2, 0) is 9.59 Å². The lowest BCUT2D eigenvalue weighted by atomic mass is 10.2. The number of carboxylic acids is 1. The van der Waals surface area contributed by atoms with Gasteiger partial charge in [-0.1, -0.05) is 18.2 Å². The Morgan fingerprint density at radius 1 is 1.16 bits per heavy atom. The van der Waals surface area contributed by atoms with Gasteiger partial charge in [0.05, 0.1) is 0 Å². The van der Waals surface area contributed by atoms with Gasteiger partial charge in [0.1, 0.15) is 0 Å². The Kier molecular flexibility index (Phi) is 5.53. The molecule has 6 heteroatoms. The topological polar surface area (TPSA) is 95.5 Å². The molecule has 0 bridgehead atoms. The van der Waals surface area contributed by atoms with Crippen LogP contribution in [0.2, 0.25) is 0 Å². The second-order valence-electron chi connectivity index (χ2n) is 4.06. The number of para-hydroxylation sites is 1. The molecule has 0 radical (unpaired) electrons. The lowest BCUT2D eigenvalue weighted by Crippen LogP contribution is -2.34. The number of carboxylic acid groups (broad SMARTS) is 1. The molecule has 0 saturated carbocycles. The fourth-order valence-electron chi connectivity index (χ4n) is 1.46. The van der Waals surface area contributed by atoms with Gasteiger partial charge in [-0.05, 0) is 25.0 Å². The molecule has 102 valence electrons. The lowest BCUT2D eigenvalue weighted by molar-refractivity contribution is -0.137. The van der Waals surface area contributed by atoms with E-state index in [2.05, 4.69) is 10.6 Å². The third-order valence-electron chi connectivity index (χ3n) is 2.44. The predicted molar refractivity (Wildman–Crippen MR) is 69.8 cm³/mol. The number of hydrogen-bond acceptors (Lipinski definition) is 3. The minimum Gasteiger partial charge on any atom is -0.481 e. The SMILES string of the molecule is Cc1ccccc1NC(=O)NC(=O)CCCC(=O)O. The van der Waals surface area contributed by atoms with Crippen molar-refractivity contribution in [2.45, 2.75) is 26.2 Å². The van der Waals surface area contributed by atoms with Crippen LogP contribution in [0.25, 0.3) is 0 Å². The summed E-state index contributed by atoms with van der Waals surface area (Å²) < 4.78 is 0. The molecule has 0 unspecified atom stereocenters. The highest BCUT2D eigenvalue weighted by molar-refractivity contribution is 6.01. The molecule has 0 aliphatic heterocycles. The fourth-order valence-corrected chi connectivity index (χ4v) is 1.46. The summed E-state index contributed by atoms with van der Waals surface area (Å²) in [5.41, 5.74) is 1.51. The van der Waals surface area contributed by atoms with E-state index in [4.69, 9.17) is 5.11 Å². The number of aliphatic carboxylic acids is 1. The number of carbonyl (C=O) groups excluding carboxylic acids is 2. The maximum absolute atomic E-state index is 11.5. The van der Waals surface area contributed by atoms with E-state index in [0.29, 0.717) is 5.69 Å². The van der Waals surface area contributed by atoms with Crippen LogP contribution >= 0.6 is 0 Å². The van der Waals surface area contributed by atoms with Crippen molar-refractivity contribution in [3.8, 4) is 0 Å². The number of rotatable bonds is 5. The standard InChI is InChI=1S/C13H16N2O4/c1-9-5-2-3-6-10(9)14-13(19)15-11(16)7-4-8-12(17)18/h2-3,5-6H,4,7-8H2,1H3,(H,17,18)(H2,14,15,16,19). The summed E-state index contributed by atoms with van der Waals surface area (Å²) in [5.74, 6) is -1.45. The summed E-state index contributed by atoms with van der Waals surface area (Å²) in [6.45, 7) is 1.84. The molecule has 0 aliphatic carbocycles. The highest BCUT2D eigenvalue weighted by Gasteiger charge is 2.09. The fraction of sp³-hybridized carbons (Fsp3) is 0.308. The molecule has 6 nitrogen and oxygen atoms in total. The second kappa shape index (κ2) is 7.15. The van der Waals surface area contributed by atoms with Crippen LogP contribution in [0.3, 0.4) is 0 Å². The Hall–Kier alpha value is -2.37. The number of carbonyl (C=O) groups is 3. The smallest absolute Gasteiger partial charge is 0.325 e. The van der Waals surface area contributed by atoms with E-state index in [1.807, 2.05) is 19.1 Å². The molecule has 0 atom stereocenters. The van der Waals surface area contributed by atoms with E-state index in [1.54, 1.807) is 12.1 Å². The van der Waals surface area contributed by atoms with Gasteiger partial charge in [0.2, 0.25) is 5.91 Å². The predicted octanol–water partition coefficient (Wildman–Crippen LogP) is 1.90. The van der Waals surface area contributed by atoms with Crippen LogP contribution in [0.1, 0.15) is 24.8 Å². The zero-order valence-electron chi connectivity index (χ0n) is 10.6. The molecule has 3 N–H and O–H groups in total. The van der Waals surface area contributed by atoms with E-state index in [1.165, 1.54) is 0 Å². The van der Waals surface area contributed by atoms with Crippen molar-refractivity contribution in [2.75, 3.05) is 5.32 Å². The first-order valence-corrected chi connectivity index (χ1v) is 5.87.